The molecule has 0 spiro atoms. The molecule has 0 aromatic rings. The molecule has 0 saturated carbocycles. The van der Waals surface area contributed by atoms with Crippen molar-refractivity contribution in [3.63, 3.8) is 0 Å². The van der Waals surface area contributed by atoms with Crippen LogP contribution in [0.3, 0.4) is 0 Å². The first-order valence-corrected chi connectivity index (χ1v) is 2.38. The van der Waals surface area contributed by atoms with Crippen molar-refractivity contribution < 1.29 is 9.66 Å². The Bertz CT molecular complexity index is 135. The van der Waals surface area contributed by atoms with E-state index in [1.54, 1.807) is 0 Å². The quantitative estimate of drug-likeness (QED) is 0.250. The maximum atomic E-state index is 9.71. The molecular weight excluding hydrogens is 147 g/mol. The van der Waals surface area contributed by atoms with Crippen molar-refractivity contribution in [2.24, 2.45) is 4.51 Å². The summed E-state index contributed by atoms with van der Waals surface area (Å²) in [5.74, 6) is -0.0957. The van der Waals surface area contributed by atoms with Gasteiger partial charge in [0.1, 0.15) is 0 Å². The van der Waals surface area contributed by atoms with Crippen molar-refractivity contribution in [3.05, 3.63) is 10.1 Å². The first-order chi connectivity index (χ1) is 4.20. The van der Waals surface area contributed by atoms with Crippen LogP contribution in [-0.4, -0.2) is 24.5 Å². The minimum atomic E-state index is -0.579. The molecule has 0 saturated heterocycles. The third-order valence-corrected chi connectivity index (χ3v) is 0.783. The molecular formula is C3H5ClN2O3. The number of rotatable bonds is 2. The van der Waals surface area contributed by atoms with Crippen molar-refractivity contribution in [1.82, 2.24) is 0 Å². The highest BCUT2D eigenvalue weighted by Gasteiger charge is 2.05. The molecule has 0 heterocycles. The van der Waals surface area contributed by atoms with E-state index < -0.39 is 11.5 Å². The fourth-order valence-corrected chi connectivity index (χ4v) is 0.359. The topological polar surface area (TPSA) is 64.7 Å². The van der Waals surface area contributed by atoms with Crippen molar-refractivity contribution in [2.45, 2.75) is 0 Å². The van der Waals surface area contributed by atoms with Gasteiger partial charge in [0.05, 0.1) is 7.11 Å². The predicted molar refractivity (Wildman–Crippen MR) is 32.2 cm³/mol. The molecule has 9 heavy (non-hydrogen) atoms. The Morgan fingerprint density at radius 2 is 2.56 bits per heavy atom. The van der Waals surface area contributed by atoms with E-state index >= 15 is 0 Å². The molecule has 0 rings (SSSR count). The third kappa shape index (κ3) is 3.72. The smallest absolute Gasteiger partial charge is 0.279 e. The van der Waals surface area contributed by atoms with E-state index in [-0.39, 0.29) is 5.90 Å². The molecule has 0 radical (unpaired) electrons. The lowest BCUT2D eigenvalue weighted by atomic mass is 10.7. The molecule has 0 atom stereocenters. The Morgan fingerprint density at radius 1 is 2.00 bits per heavy atom. The molecule has 0 fully saturated rings. The van der Waals surface area contributed by atoms with Crippen LogP contribution in [0.15, 0.2) is 4.51 Å². The van der Waals surface area contributed by atoms with Crippen LogP contribution in [0.5, 0.6) is 0 Å². The van der Waals surface area contributed by atoms with E-state index in [0.717, 1.165) is 0 Å². The minimum absolute atomic E-state index is 0.0957. The van der Waals surface area contributed by atoms with Gasteiger partial charge in [0.2, 0.25) is 0 Å². The largest absolute Gasteiger partial charge is 0.479 e. The molecule has 0 aliphatic carbocycles. The number of hydrogen-bond donors (Lipinski definition) is 0. The van der Waals surface area contributed by atoms with E-state index in [1.165, 1.54) is 7.11 Å². The molecule has 0 bridgehead atoms. The first-order valence-electron chi connectivity index (χ1n) is 2.04. The van der Waals surface area contributed by atoms with Crippen molar-refractivity contribution in [2.75, 3.05) is 13.7 Å². The van der Waals surface area contributed by atoms with Gasteiger partial charge in [-0.1, -0.05) is 0 Å². The standard InChI is InChI=1S/C3H5ClN2O3/c1-9-3(5-4)2-6(7)8/h2H2,1H3. The monoisotopic (exact) mass is 152 g/mol. The van der Waals surface area contributed by atoms with Crippen LogP contribution < -0.4 is 0 Å². The van der Waals surface area contributed by atoms with E-state index in [9.17, 15) is 10.1 Å². The zero-order valence-electron chi connectivity index (χ0n) is 4.70. The zero-order chi connectivity index (χ0) is 7.28. The summed E-state index contributed by atoms with van der Waals surface area (Å²) < 4.78 is 7.36. The number of nitro groups is 1. The molecule has 52 valence electrons. The van der Waals surface area contributed by atoms with Crippen LogP contribution in [0.1, 0.15) is 0 Å². The van der Waals surface area contributed by atoms with E-state index in [2.05, 4.69) is 9.25 Å². The van der Waals surface area contributed by atoms with Crippen molar-refractivity contribution >= 4 is 17.7 Å². The van der Waals surface area contributed by atoms with Gasteiger partial charge in [-0.2, -0.15) is 0 Å². The van der Waals surface area contributed by atoms with E-state index in [1.807, 2.05) is 0 Å². The van der Waals surface area contributed by atoms with Gasteiger partial charge in [-0.3, -0.25) is 10.1 Å². The number of hydrogen-bond acceptors (Lipinski definition) is 4. The van der Waals surface area contributed by atoms with Crippen LogP contribution in [0.4, 0.5) is 0 Å². The summed E-state index contributed by atoms with van der Waals surface area (Å²) in [4.78, 5) is 9.13. The Hall–Kier alpha value is -0.840. The Labute approximate surface area is 56.5 Å². The fraction of sp³-hybridized carbons (Fsp3) is 0.667. The maximum Gasteiger partial charge on any atom is 0.279 e. The Balaban J connectivity index is 3.71. The molecule has 0 aliphatic rings. The number of ether oxygens (including phenoxy) is 1. The lowest BCUT2D eigenvalue weighted by Gasteiger charge is -1.93. The molecule has 0 N–H and O–H groups in total. The van der Waals surface area contributed by atoms with Crippen LogP contribution >= 0.6 is 11.8 Å². The molecule has 0 aromatic carbocycles. The summed E-state index contributed by atoms with van der Waals surface area (Å²) in [6, 6.07) is 0. The van der Waals surface area contributed by atoms with Crippen molar-refractivity contribution in [1.29, 1.82) is 0 Å². The van der Waals surface area contributed by atoms with Crippen molar-refractivity contribution in [3.8, 4) is 0 Å². The Morgan fingerprint density at radius 3 is 2.67 bits per heavy atom. The van der Waals surface area contributed by atoms with Gasteiger partial charge in [-0.25, -0.2) is 0 Å². The van der Waals surface area contributed by atoms with Gasteiger partial charge in [-0.05, 0) is 0 Å². The molecule has 0 amide bonds. The van der Waals surface area contributed by atoms with Gasteiger partial charge in [-0.15, -0.1) is 4.51 Å². The highest BCUT2D eigenvalue weighted by molar-refractivity contribution is 6.19. The van der Waals surface area contributed by atoms with E-state index in [0.29, 0.717) is 0 Å². The van der Waals surface area contributed by atoms with Crippen LogP contribution in [0.25, 0.3) is 0 Å². The van der Waals surface area contributed by atoms with Gasteiger partial charge < -0.3 is 4.74 Å². The molecule has 5 nitrogen and oxygen atoms in total. The summed E-state index contributed by atoms with van der Waals surface area (Å²) in [5.41, 5.74) is 0. The second-order valence-corrected chi connectivity index (χ2v) is 1.34. The normalized spacial score (nSPS) is 11.1. The molecule has 6 heteroatoms. The lowest BCUT2D eigenvalue weighted by Crippen LogP contribution is -2.14. The van der Waals surface area contributed by atoms with Crippen LogP contribution in [0.2, 0.25) is 0 Å². The Kier molecular flexibility index (Phi) is 3.70. The minimum Gasteiger partial charge on any atom is -0.479 e. The summed E-state index contributed by atoms with van der Waals surface area (Å²) >= 11 is 4.87. The second-order valence-electron chi connectivity index (χ2n) is 1.17. The number of halogens is 1. The second kappa shape index (κ2) is 4.08. The summed E-state index contributed by atoms with van der Waals surface area (Å²) in [6.07, 6.45) is 0. The average molecular weight is 153 g/mol. The summed E-state index contributed by atoms with van der Waals surface area (Å²) in [7, 11) is 1.27. The lowest BCUT2D eigenvalue weighted by molar-refractivity contribution is -0.465. The zero-order valence-corrected chi connectivity index (χ0v) is 5.46. The van der Waals surface area contributed by atoms with Gasteiger partial charge >= 0.3 is 0 Å². The molecule has 0 aromatic heterocycles. The maximum absolute atomic E-state index is 9.71. The summed E-state index contributed by atoms with van der Waals surface area (Å²) in [6.45, 7) is -0.472. The number of methoxy groups -OCH3 is 1. The molecule has 0 aliphatic heterocycles. The van der Waals surface area contributed by atoms with E-state index in [4.69, 9.17) is 11.8 Å². The van der Waals surface area contributed by atoms with Gasteiger partial charge in [0.25, 0.3) is 12.4 Å². The fourth-order valence-electron chi connectivity index (χ4n) is 0.236. The third-order valence-electron chi connectivity index (χ3n) is 0.594. The SMILES string of the molecule is COC(C[N+](=O)[O-])=NCl. The number of nitrogens with zero attached hydrogens (tertiary/aromatic N) is 2. The predicted octanol–water partition coefficient (Wildman–Crippen LogP) is 0.462. The first kappa shape index (κ1) is 8.16. The van der Waals surface area contributed by atoms with Gasteiger partial charge in [0.15, 0.2) is 0 Å². The molecule has 0 unspecified atom stereocenters. The van der Waals surface area contributed by atoms with Crippen LogP contribution in [-0.2, 0) is 4.74 Å². The van der Waals surface area contributed by atoms with Crippen LogP contribution in [0, 0.1) is 10.1 Å². The average Bonchev–Trinajstić information content (AvgIpc) is 1.82. The highest BCUT2D eigenvalue weighted by Crippen LogP contribution is 1.84. The highest BCUT2D eigenvalue weighted by atomic mass is 35.5. The van der Waals surface area contributed by atoms with Gasteiger partial charge in [0, 0.05) is 16.7 Å². The summed E-state index contributed by atoms with van der Waals surface area (Å²) in [5, 5.41) is 9.71.